The van der Waals surface area contributed by atoms with E-state index < -0.39 is 0 Å². The summed E-state index contributed by atoms with van der Waals surface area (Å²) in [6.07, 6.45) is 0.973. The number of anilines is 1. The Morgan fingerprint density at radius 2 is 1.94 bits per heavy atom. The minimum Gasteiger partial charge on any atom is -0.383 e. The Balaban J connectivity index is 2.96. The highest BCUT2D eigenvalue weighted by atomic mass is 127. The van der Waals surface area contributed by atoms with E-state index in [-0.39, 0.29) is 5.41 Å². The van der Waals surface area contributed by atoms with Gasteiger partial charge in [-0.05, 0) is 40.3 Å². The molecule has 0 bridgehead atoms. The molecule has 92 valence electrons. The quantitative estimate of drug-likeness (QED) is 0.862. The van der Waals surface area contributed by atoms with Gasteiger partial charge in [0, 0.05) is 6.54 Å². The molecule has 1 aromatic heterocycles. The fraction of sp³-hybridized carbons (Fsp3) is 0.750. The average Bonchev–Trinajstić information content (AvgIpc) is 2.30. The van der Waals surface area contributed by atoms with Crippen molar-refractivity contribution in [3.63, 3.8) is 0 Å². The van der Waals surface area contributed by atoms with Crippen molar-refractivity contribution in [2.24, 2.45) is 11.3 Å². The monoisotopic (exact) mass is 335 g/mol. The summed E-state index contributed by atoms with van der Waals surface area (Å²) < 4.78 is 3.06. The molecule has 4 heteroatoms. The third kappa shape index (κ3) is 3.64. The van der Waals surface area contributed by atoms with Crippen LogP contribution in [0.5, 0.6) is 0 Å². The zero-order valence-corrected chi connectivity index (χ0v) is 13.0. The van der Waals surface area contributed by atoms with E-state index in [2.05, 4.69) is 62.3 Å². The predicted molar refractivity (Wildman–Crippen MR) is 77.4 cm³/mol. The molecule has 1 rings (SSSR count). The molecule has 0 saturated heterocycles. The lowest BCUT2D eigenvalue weighted by Crippen LogP contribution is -2.12. The smallest absolute Gasteiger partial charge is 0.135 e. The molecular weight excluding hydrogens is 313 g/mol. The van der Waals surface area contributed by atoms with Crippen molar-refractivity contribution >= 4 is 28.4 Å². The Hall–Kier alpha value is -0.260. The molecule has 0 aliphatic heterocycles. The van der Waals surface area contributed by atoms with Crippen LogP contribution < -0.4 is 5.73 Å². The first-order chi connectivity index (χ1) is 7.20. The fourth-order valence-electron chi connectivity index (χ4n) is 1.60. The minimum atomic E-state index is 0.253. The molecule has 0 unspecified atom stereocenters. The summed E-state index contributed by atoms with van der Waals surface area (Å²) in [7, 11) is 0. The molecule has 2 N–H and O–H groups in total. The van der Waals surface area contributed by atoms with Gasteiger partial charge < -0.3 is 5.73 Å². The van der Waals surface area contributed by atoms with Crippen LogP contribution in [0.2, 0.25) is 0 Å². The van der Waals surface area contributed by atoms with Gasteiger partial charge in [0.25, 0.3) is 0 Å². The number of rotatable bonds is 3. The molecule has 3 nitrogen and oxygen atoms in total. The molecule has 0 radical (unpaired) electrons. The summed E-state index contributed by atoms with van der Waals surface area (Å²) in [5.74, 6) is 1.38. The van der Waals surface area contributed by atoms with E-state index >= 15 is 0 Å². The van der Waals surface area contributed by atoms with Gasteiger partial charge in [-0.15, -0.1) is 0 Å². The average molecular weight is 335 g/mol. The first-order valence-electron chi connectivity index (χ1n) is 5.71. The Bertz CT molecular complexity index is 361. The van der Waals surface area contributed by atoms with Crippen LogP contribution in [-0.4, -0.2) is 9.78 Å². The largest absolute Gasteiger partial charge is 0.383 e. The highest BCUT2D eigenvalue weighted by Gasteiger charge is 2.19. The molecule has 1 heterocycles. The second-order valence-electron chi connectivity index (χ2n) is 5.96. The maximum absolute atomic E-state index is 6.06. The van der Waals surface area contributed by atoms with E-state index in [1.54, 1.807) is 0 Å². The molecule has 1 aromatic rings. The summed E-state index contributed by atoms with van der Waals surface area (Å²) in [5, 5.41) is 4.62. The Labute approximate surface area is 112 Å². The van der Waals surface area contributed by atoms with E-state index in [0.29, 0.717) is 5.92 Å². The standard InChI is InChI=1S/C12H22IN3/c1-8(2)7-16-11(14)10(13)9(15-16)6-12(3,4)5/h8H,6-7,14H2,1-5H3. The van der Waals surface area contributed by atoms with Crippen LogP contribution in [0.3, 0.4) is 0 Å². The molecule has 16 heavy (non-hydrogen) atoms. The normalized spacial score (nSPS) is 12.4. The van der Waals surface area contributed by atoms with Crippen molar-refractivity contribution < 1.29 is 0 Å². The predicted octanol–water partition coefficient (Wildman–Crippen LogP) is 3.31. The summed E-state index contributed by atoms with van der Waals surface area (Å²) in [6, 6.07) is 0. The van der Waals surface area contributed by atoms with Gasteiger partial charge in [-0.25, -0.2) is 4.68 Å². The fourth-order valence-corrected chi connectivity index (χ4v) is 2.18. The number of nitrogens with zero attached hydrogens (tertiary/aromatic N) is 2. The van der Waals surface area contributed by atoms with Crippen molar-refractivity contribution in [2.75, 3.05) is 5.73 Å². The molecule has 0 saturated carbocycles. The molecule has 0 amide bonds. The van der Waals surface area contributed by atoms with Crippen molar-refractivity contribution in [2.45, 2.75) is 47.6 Å². The number of hydrogen-bond acceptors (Lipinski definition) is 2. The van der Waals surface area contributed by atoms with E-state index in [1.807, 2.05) is 4.68 Å². The number of halogens is 1. The summed E-state index contributed by atoms with van der Waals surface area (Å²) in [5.41, 5.74) is 7.45. The van der Waals surface area contributed by atoms with Gasteiger partial charge in [-0.1, -0.05) is 34.6 Å². The Morgan fingerprint density at radius 3 is 2.38 bits per heavy atom. The summed E-state index contributed by atoms with van der Waals surface area (Å²) >= 11 is 2.30. The molecule has 0 aliphatic rings. The highest BCUT2D eigenvalue weighted by Crippen LogP contribution is 2.27. The zero-order valence-electron chi connectivity index (χ0n) is 10.8. The molecule has 0 spiro atoms. The SMILES string of the molecule is CC(C)Cn1nc(CC(C)(C)C)c(I)c1N. The summed E-state index contributed by atoms with van der Waals surface area (Å²) in [4.78, 5) is 0. The molecule has 0 aliphatic carbocycles. The van der Waals surface area contributed by atoms with Crippen LogP contribution in [-0.2, 0) is 13.0 Å². The van der Waals surface area contributed by atoms with E-state index in [9.17, 15) is 0 Å². The first kappa shape index (κ1) is 13.8. The van der Waals surface area contributed by atoms with Crippen molar-refractivity contribution in [3.05, 3.63) is 9.26 Å². The summed E-state index contributed by atoms with van der Waals surface area (Å²) in [6.45, 7) is 11.9. The van der Waals surface area contributed by atoms with Gasteiger partial charge in [0.2, 0.25) is 0 Å². The number of hydrogen-bond donors (Lipinski definition) is 1. The van der Waals surface area contributed by atoms with Gasteiger partial charge in [-0.2, -0.15) is 5.10 Å². The Kier molecular flexibility index (Phi) is 4.26. The van der Waals surface area contributed by atoms with Crippen molar-refractivity contribution in [1.29, 1.82) is 0 Å². The second kappa shape index (κ2) is 4.94. The minimum absolute atomic E-state index is 0.253. The van der Waals surface area contributed by atoms with Crippen molar-refractivity contribution in [3.8, 4) is 0 Å². The van der Waals surface area contributed by atoms with Crippen LogP contribution in [0, 0.1) is 14.9 Å². The lowest BCUT2D eigenvalue weighted by molar-refractivity contribution is 0.399. The number of nitrogens with two attached hydrogens (primary N) is 1. The number of aromatic nitrogens is 2. The van der Waals surface area contributed by atoms with E-state index in [4.69, 9.17) is 5.73 Å². The molecule has 0 aromatic carbocycles. The molecular formula is C12H22IN3. The lowest BCUT2D eigenvalue weighted by atomic mass is 9.91. The van der Waals surface area contributed by atoms with Crippen molar-refractivity contribution in [1.82, 2.24) is 9.78 Å². The Morgan fingerprint density at radius 1 is 1.38 bits per heavy atom. The van der Waals surface area contributed by atoms with Crippen LogP contribution in [0.25, 0.3) is 0 Å². The van der Waals surface area contributed by atoms with Crippen LogP contribution in [0.1, 0.15) is 40.3 Å². The topological polar surface area (TPSA) is 43.8 Å². The second-order valence-corrected chi connectivity index (χ2v) is 7.04. The van der Waals surface area contributed by atoms with E-state index in [1.165, 1.54) is 0 Å². The maximum atomic E-state index is 6.06. The third-order valence-corrected chi connectivity index (χ3v) is 3.41. The van der Waals surface area contributed by atoms with Gasteiger partial charge in [0.05, 0.1) is 9.26 Å². The maximum Gasteiger partial charge on any atom is 0.135 e. The lowest BCUT2D eigenvalue weighted by Gasteiger charge is -2.16. The van der Waals surface area contributed by atoms with Gasteiger partial charge in [0.1, 0.15) is 5.82 Å². The van der Waals surface area contributed by atoms with Crippen LogP contribution >= 0.6 is 22.6 Å². The zero-order chi connectivity index (χ0) is 12.5. The molecule has 0 atom stereocenters. The number of nitrogen functional groups attached to an aromatic ring is 1. The van der Waals surface area contributed by atoms with Gasteiger partial charge >= 0.3 is 0 Å². The van der Waals surface area contributed by atoms with Crippen LogP contribution in [0.4, 0.5) is 5.82 Å². The highest BCUT2D eigenvalue weighted by molar-refractivity contribution is 14.1. The molecule has 0 fully saturated rings. The van der Waals surface area contributed by atoms with E-state index in [0.717, 1.165) is 28.0 Å². The van der Waals surface area contributed by atoms with Crippen LogP contribution in [0.15, 0.2) is 0 Å². The third-order valence-electron chi connectivity index (χ3n) is 2.23. The van der Waals surface area contributed by atoms with Gasteiger partial charge in [-0.3, -0.25) is 0 Å². The van der Waals surface area contributed by atoms with Gasteiger partial charge in [0.15, 0.2) is 0 Å². The first-order valence-corrected chi connectivity index (χ1v) is 6.79.